The Kier molecular flexibility index (Phi) is 6.95. The van der Waals surface area contributed by atoms with Crippen molar-refractivity contribution in [1.29, 1.82) is 0 Å². The maximum Gasteiger partial charge on any atom is 0.338 e. The first-order valence-corrected chi connectivity index (χ1v) is 12.1. The van der Waals surface area contributed by atoms with Crippen molar-refractivity contribution >= 4 is 45.3 Å². The Morgan fingerprint density at radius 2 is 1.94 bits per heavy atom. The summed E-state index contributed by atoms with van der Waals surface area (Å²) in [6.45, 7) is 4.98. The van der Waals surface area contributed by atoms with Crippen molar-refractivity contribution in [1.82, 2.24) is 4.57 Å². The molecule has 0 saturated heterocycles. The molecule has 0 amide bonds. The molecule has 3 aromatic rings. The Labute approximate surface area is 207 Å². The fourth-order valence-corrected chi connectivity index (χ4v) is 5.20. The van der Waals surface area contributed by atoms with Gasteiger partial charge in [0, 0.05) is 11.4 Å². The van der Waals surface area contributed by atoms with E-state index in [2.05, 4.69) is 20.9 Å². The van der Waals surface area contributed by atoms with Gasteiger partial charge in [-0.15, -0.1) is 0 Å². The minimum absolute atomic E-state index is 0.195. The molecule has 0 fully saturated rings. The molecule has 4 rings (SSSR count). The van der Waals surface area contributed by atoms with Crippen LogP contribution in [0.5, 0.6) is 5.75 Å². The summed E-state index contributed by atoms with van der Waals surface area (Å²) in [6, 6.07) is 13.6. The first-order chi connectivity index (χ1) is 16.3. The zero-order valence-corrected chi connectivity index (χ0v) is 21.1. The molecule has 1 aromatic heterocycles. The van der Waals surface area contributed by atoms with E-state index in [1.807, 2.05) is 24.3 Å². The van der Waals surface area contributed by atoms with Gasteiger partial charge in [0.25, 0.3) is 5.56 Å². The van der Waals surface area contributed by atoms with Crippen molar-refractivity contribution < 1.29 is 19.1 Å². The first kappa shape index (κ1) is 23.8. The highest BCUT2D eigenvalue weighted by Crippen LogP contribution is 2.31. The molecular weight excluding hydrogens is 520 g/mol. The van der Waals surface area contributed by atoms with Crippen LogP contribution in [0.15, 0.2) is 74.1 Å². The van der Waals surface area contributed by atoms with Crippen molar-refractivity contribution in [2.75, 3.05) is 6.61 Å². The maximum absolute atomic E-state index is 13.6. The van der Waals surface area contributed by atoms with Gasteiger partial charge in [0.2, 0.25) is 0 Å². The predicted octanol–water partition coefficient (Wildman–Crippen LogP) is 3.49. The molecule has 174 valence electrons. The molecule has 0 spiro atoms. The number of aromatic nitrogens is 1. The number of hydrogen-bond acceptors (Lipinski definition) is 7. The molecule has 1 aliphatic rings. The molecule has 1 unspecified atom stereocenters. The van der Waals surface area contributed by atoms with Crippen molar-refractivity contribution in [2.24, 2.45) is 4.99 Å². The van der Waals surface area contributed by atoms with Gasteiger partial charge in [-0.05, 0) is 55.3 Å². The molecule has 1 aliphatic heterocycles. The number of esters is 2. The summed E-state index contributed by atoms with van der Waals surface area (Å²) in [7, 11) is 0. The van der Waals surface area contributed by atoms with E-state index in [0.717, 1.165) is 10.0 Å². The fraction of sp³-hybridized carbons (Fsp3) is 0.200. The number of rotatable bonds is 5. The van der Waals surface area contributed by atoms with E-state index < -0.39 is 18.0 Å². The van der Waals surface area contributed by atoms with Crippen molar-refractivity contribution in [3.63, 3.8) is 0 Å². The van der Waals surface area contributed by atoms with Crippen molar-refractivity contribution in [2.45, 2.75) is 26.8 Å². The molecule has 1 atom stereocenters. The van der Waals surface area contributed by atoms with Gasteiger partial charge in [-0.25, -0.2) is 9.79 Å². The third kappa shape index (κ3) is 4.80. The van der Waals surface area contributed by atoms with Crippen LogP contribution < -0.4 is 19.6 Å². The summed E-state index contributed by atoms with van der Waals surface area (Å²) in [6.07, 6.45) is 1.80. The van der Waals surface area contributed by atoms with Crippen molar-refractivity contribution in [3.05, 3.63) is 95.1 Å². The van der Waals surface area contributed by atoms with Gasteiger partial charge in [-0.1, -0.05) is 51.5 Å². The van der Waals surface area contributed by atoms with Gasteiger partial charge in [0.05, 0.1) is 28.5 Å². The standard InChI is InChI=1S/C25H21BrN2O5S/c1-4-32-24(31)21-14(2)27-25-28(22(21)17-8-10-19(11-9-17)33-15(3)29)23(30)20(34-25)13-16-6-5-7-18(26)12-16/h5-13,22H,4H2,1-3H3. The lowest BCUT2D eigenvalue weighted by atomic mass is 9.96. The summed E-state index contributed by atoms with van der Waals surface area (Å²) in [5.41, 5.74) is 2.06. The van der Waals surface area contributed by atoms with Gasteiger partial charge < -0.3 is 9.47 Å². The zero-order chi connectivity index (χ0) is 24.4. The SMILES string of the molecule is CCOC(=O)C1=C(C)N=c2sc(=Cc3cccc(Br)c3)c(=O)n2C1c1ccc(OC(C)=O)cc1. The van der Waals surface area contributed by atoms with E-state index >= 15 is 0 Å². The highest BCUT2D eigenvalue weighted by atomic mass is 79.9. The lowest BCUT2D eigenvalue weighted by Crippen LogP contribution is -2.39. The smallest absolute Gasteiger partial charge is 0.338 e. The normalized spacial score (nSPS) is 15.5. The van der Waals surface area contributed by atoms with Gasteiger partial charge in [0.1, 0.15) is 5.75 Å². The molecule has 0 bridgehead atoms. The highest BCUT2D eigenvalue weighted by Gasteiger charge is 2.33. The van der Waals surface area contributed by atoms with Crippen LogP contribution in [-0.2, 0) is 14.3 Å². The number of thiazole rings is 1. The van der Waals surface area contributed by atoms with Crippen LogP contribution in [0.2, 0.25) is 0 Å². The van der Waals surface area contributed by atoms with Crippen LogP contribution in [0.3, 0.4) is 0 Å². The van der Waals surface area contributed by atoms with Gasteiger partial charge in [-0.3, -0.25) is 14.2 Å². The van der Waals surface area contributed by atoms with E-state index in [9.17, 15) is 14.4 Å². The van der Waals surface area contributed by atoms with E-state index in [-0.39, 0.29) is 12.2 Å². The molecule has 0 N–H and O–H groups in total. The molecular formula is C25H21BrN2O5S. The summed E-state index contributed by atoms with van der Waals surface area (Å²) in [5.74, 6) is -0.591. The summed E-state index contributed by atoms with van der Waals surface area (Å²) in [4.78, 5) is 42.8. The molecule has 2 aromatic carbocycles. The fourth-order valence-electron chi connectivity index (χ4n) is 3.74. The first-order valence-electron chi connectivity index (χ1n) is 10.5. The van der Waals surface area contributed by atoms with Crippen LogP contribution >= 0.6 is 27.3 Å². The Balaban J connectivity index is 1.91. The Morgan fingerprint density at radius 1 is 1.21 bits per heavy atom. The monoisotopic (exact) mass is 540 g/mol. The van der Waals surface area contributed by atoms with Crippen LogP contribution in [0.1, 0.15) is 37.9 Å². The van der Waals surface area contributed by atoms with Crippen LogP contribution in [0.4, 0.5) is 0 Å². The van der Waals surface area contributed by atoms with Gasteiger partial charge in [-0.2, -0.15) is 0 Å². The van der Waals surface area contributed by atoms with E-state index in [4.69, 9.17) is 9.47 Å². The third-order valence-corrected chi connectivity index (χ3v) is 6.60. The van der Waals surface area contributed by atoms with Gasteiger partial charge in [0.15, 0.2) is 4.80 Å². The topological polar surface area (TPSA) is 87.0 Å². The molecule has 9 heteroatoms. The second-order valence-electron chi connectivity index (χ2n) is 7.52. The Morgan fingerprint density at radius 3 is 2.59 bits per heavy atom. The van der Waals surface area contributed by atoms with E-state index in [1.165, 1.54) is 22.8 Å². The average molecular weight is 541 g/mol. The zero-order valence-electron chi connectivity index (χ0n) is 18.7. The van der Waals surface area contributed by atoms with E-state index in [0.29, 0.717) is 31.9 Å². The highest BCUT2D eigenvalue weighted by molar-refractivity contribution is 9.10. The van der Waals surface area contributed by atoms with Crippen LogP contribution in [-0.4, -0.2) is 23.1 Å². The number of benzene rings is 2. The minimum atomic E-state index is -0.730. The lowest BCUT2D eigenvalue weighted by molar-refractivity contribution is -0.139. The molecule has 0 aliphatic carbocycles. The lowest BCUT2D eigenvalue weighted by Gasteiger charge is -2.24. The number of carbonyl (C=O) groups is 2. The molecule has 0 radical (unpaired) electrons. The number of halogens is 1. The van der Waals surface area contributed by atoms with Gasteiger partial charge >= 0.3 is 11.9 Å². The summed E-state index contributed by atoms with van der Waals surface area (Å²) >= 11 is 4.71. The second kappa shape index (κ2) is 9.90. The third-order valence-electron chi connectivity index (χ3n) is 5.12. The summed E-state index contributed by atoms with van der Waals surface area (Å²) in [5, 5.41) is 0. The minimum Gasteiger partial charge on any atom is -0.463 e. The number of allylic oxidation sites excluding steroid dienone is 1. The molecule has 34 heavy (non-hydrogen) atoms. The predicted molar refractivity (Wildman–Crippen MR) is 132 cm³/mol. The molecule has 0 saturated carbocycles. The largest absolute Gasteiger partial charge is 0.463 e. The van der Waals surface area contributed by atoms with Crippen LogP contribution in [0.25, 0.3) is 6.08 Å². The van der Waals surface area contributed by atoms with Crippen LogP contribution in [0, 0.1) is 0 Å². The van der Waals surface area contributed by atoms with Crippen molar-refractivity contribution in [3.8, 4) is 5.75 Å². The number of nitrogens with zero attached hydrogens (tertiary/aromatic N) is 2. The summed E-state index contributed by atoms with van der Waals surface area (Å²) < 4.78 is 13.3. The Bertz CT molecular complexity index is 1480. The maximum atomic E-state index is 13.6. The Hall–Kier alpha value is -3.30. The second-order valence-corrected chi connectivity index (χ2v) is 9.44. The average Bonchev–Trinajstić information content (AvgIpc) is 3.07. The number of carbonyl (C=O) groups excluding carboxylic acids is 2. The molecule has 7 nitrogen and oxygen atoms in total. The molecule has 2 heterocycles. The number of ether oxygens (including phenoxy) is 2. The quantitative estimate of drug-likeness (QED) is 0.365. The van der Waals surface area contributed by atoms with E-state index in [1.54, 1.807) is 44.2 Å². The number of hydrogen-bond donors (Lipinski definition) is 0. The number of fused-ring (bicyclic) bond motifs is 1.